The molecule has 0 amide bonds. The number of pyridine rings is 1. The molecule has 2 aromatic heterocycles. The smallest absolute Gasteiger partial charge is 0.174 e. The second kappa shape index (κ2) is 5.85. The number of hydrogen-bond acceptors (Lipinski definition) is 5. The van der Waals surface area contributed by atoms with Crippen molar-refractivity contribution < 1.29 is 0 Å². The van der Waals surface area contributed by atoms with E-state index < -0.39 is 0 Å². The summed E-state index contributed by atoms with van der Waals surface area (Å²) in [4.78, 5) is 5.72. The van der Waals surface area contributed by atoms with E-state index in [-0.39, 0.29) is 0 Å². The van der Waals surface area contributed by atoms with E-state index in [1.807, 2.05) is 13.0 Å². The number of nitrogens with zero attached hydrogens (tertiary/aromatic N) is 5. The van der Waals surface area contributed by atoms with Gasteiger partial charge in [-0.25, -0.2) is 4.98 Å². The van der Waals surface area contributed by atoms with Crippen LogP contribution in [0.2, 0.25) is 0 Å². The van der Waals surface area contributed by atoms with E-state index in [1.165, 1.54) is 4.80 Å². The molecule has 0 N–H and O–H groups in total. The predicted octanol–water partition coefficient (Wildman–Crippen LogP) is 2.31. The molecule has 5 nitrogen and oxygen atoms in total. The molecule has 1 atom stereocenters. The predicted molar refractivity (Wildman–Crippen MR) is 75.4 cm³/mol. The molecule has 0 aliphatic carbocycles. The average molecular weight is 273 g/mol. The molecule has 0 spiro atoms. The van der Waals surface area contributed by atoms with Gasteiger partial charge in [0, 0.05) is 17.9 Å². The maximum absolute atomic E-state index is 8.89. The van der Waals surface area contributed by atoms with Crippen LogP contribution in [0.5, 0.6) is 0 Å². The Balaban J connectivity index is 2.28. The lowest BCUT2D eigenvalue weighted by Crippen LogP contribution is -2.04. The van der Waals surface area contributed by atoms with Crippen LogP contribution < -0.4 is 0 Å². The molecule has 0 fully saturated rings. The number of hydrogen-bond donors (Lipinski definition) is 0. The third-order valence-corrected chi connectivity index (χ3v) is 3.69. The van der Waals surface area contributed by atoms with E-state index in [0.29, 0.717) is 17.3 Å². The minimum absolute atomic E-state index is 0.364. The first kappa shape index (κ1) is 13.6. The zero-order chi connectivity index (χ0) is 13.8. The van der Waals surface area contributed by atoms with Gasteiger partial charge in [-0.3, -0.25) is 0 Å². The van der Waals surface area contributed by atoms with Crippen LogP contribution in [-0.2, 0) is 0 Å². The first-order chi connectivity index (χ1) is 9.15. The Morgan fingerprint density at radius 2 is 2.26 bits per heavy atom. The molecule has 0 radical (unpaired) electrons. The number of thioether (sulfide) groups is 1. The van der Waals surface area contributed by atoms with Crippen molar-refractivity contribution in [3.05, 3.63) is 35.3 Å². The summed E-state index contributed by atoms with van der Waals surface area (Å²) in [6, 6.07) is 3.92. The van der Waals surface area contributed by atoms with E-state index in [4.69, 9.17) is 5.26 Å². The third kappa shape index (κ3) is 2.93. The Hall–Kier alpha value is -1.87. The average Bonchev–Trinajstić information content (AvgIpc) is 2.88. The van der Waals surface area contributed by atoms with Gasteiger partial charge >= 0.3 is 0 Å². The van der Waals surface area contributed by atoms with Gasteiger partial charge in [-0.15, -0.1) is 4.80 Å². The van der Waals surface area contributed by atoms with Crippen molar-refractivity contribution in [3.63, 3.8) is 0 Å². The lowest BCUT2D eigenvalue weighted by Gasteiger charge is -2.04. The van der Waals surface area contributed by atoms with Crippen LogP contribution in [0.4, 0.5) is 0 Å². The maximum Gasteiger partial charge on any atom is 0.174 e. The van der Waals surface area contributed by atoms with Crippen LogP contribution in [-0.4, -0.2) is 32.0 Å². The Bertz CT molecular complexity index is 614. The van der Waals surface area contributed by atoms with Crippen molar-refractivity contribution in [3.8, 4) is 11.9 Å². The minimum Gasteiger partial charge on any atom is -0.234 e. The van der Waals surface area contributed by atoms with Crippen molar-refractivity contribution in [2.24, 2.45) is 0 Å². The summed E-state index contributed by atoms with van der Waals surface area (Å²) >= 11 is 1.79. The minimum atomic E-state index is 0.364. The molecule has 2 rings (SSSR count). The van der Waals surface area contributed by atoms with Gasteiger partial charge in [0.05, 0.1) is 17.5 Å². The van der Waals surface area contributed by atoms with Crippen LogP contribution in [0.1, 0.15) is 29.7 Å². The molecule has 0 bridgehead atoms. The van der Waals surface area contributed by atoms with Crippen LogP contribution in [0.25, 0.3) is 5.82 Å². The number of aryl methyl sites for hydroxylation is 1. The molecule has 0 saturated carbocycles. The van der Waals surface area contributed by atoms with Crippen LogP contribution in [0, 0.1) is 18.3 Å². The second-order valence-electron chi connectivity index (χ2n) is 4.38. The zero-order valence-corrected chi connectivity index (χ0v) is 12.0. The third-order valence-electron chi connectivity index (χ3n) is 2.85. The molecule has 0 aliphatic heterocycles. The Labute approximate surface area is 116 Å². The molecule has 0 aliphatic rings. The molecule has 2 aromatic rings. The standard InChI is InChI=1S/C13H15N5S/c1-9-4-13(15-6-11(9)5-14)18-16-7-12(17-18)10(2)8-19-3/h4,6-7,10H,8H2,1-3H3. The Kier molecular flexibility index (Phi) is 4.17. The monoisotopic (exact) mass is 273 g/mol. The normalized spacial score (nSPS) is 12.1. The van der Waals surface area contributed by atoms with Crippen LogP contribution in [0.3, 0.4) is 0 Å². The number of rotatable bonds is 4. The highest BCUT2D eigenvalue weighted by Crippen LogP contribution is 2.17. The van der Waals surface area contributed by atoms with E-state index in [2.05, 4.69) is 34.4 Å². The molecule has 2 heterocycles. The number of nitriles is 1. The quantitative estimate of drug-likeness (QED) is 0.855. The van der Waals surface area contributed by atoms with Crippen molar-refractivity contribution in [2.75, 3.05) is 12.0 Å². The summed E-state index contributed by atoms with van der Waals surface area (Å²) in [5.74, 6) is 2.01. The topological polar surface area (TPSA) is 67.4 Å². The van der Waals surface area contributed by atoms with Crippen LogP contribution in [0.15, 0.2) is 18.5 Å². The molecule has 19 heavy (non-hydrogen) atoms. The largest absolute Gasteiger partial charge is 0.234 e. The van der Waals surface area contributed by atoms with E-state index in [9.17, 15) is 0 Å². The van der Waals surface area contributed by atoms with Gasteiger partial charge in [-0.2, -0.15) is 27.2 Å². The second-order valence-corrected chi connectivity index (χ2v) is 5.30. The first-order valence-electron chi connectivity index (χ1n) is 5.94. The maximum atomic E-state index is 8.89. The molecular formula is C13H15N5S. The van der Waals surface area contributed by atoms with Crippen molar-refractivity contribution >= 4 is 11.8 Å². The fourth-order valence-corrected chi connectivity index (χ4v) is 2.38. The fourth-order valence-electron chi connectivity index (χ4n) is 1.71. The van der Waals surface area contributed by atoms with E-state index in [1.54, 1.807) is 24.2 Å². The zero-order valence-electron chi connectivity index (χ0n) is 11.2. The summed E-state index contributed by atoms with van der Waals surface area (Å²) < 4.78 is 0. The highest BCUT2D eigenvalue weighted by molar-refractivity contribution is 7.98. The highest BCUT2D eigenvalue weighted by atomic mass is 32.2. The van der Waals surface area contributed by atoms with Crippen molar-refractivity contribution in [1.82, 2.24) is 20.0 Å². The Morgan fingerprint density at radius 1 is 1.47 bits per heavy atom. The van der Waals surface area contributed by atoms with E-state index in [0.717, 1.165) is 17.0 Å². The molecule has 6 heteroatoms. The van der Waals surface area contributed by atoms with Gasteiger partial charge in [-0.05, 0) is 24.8 Å². The van der Waals surface area contributed by atoms with E-state index >= 15 is 0 Å². The highest BCUT2D eigenvalue weighted by Gasteiger charge is 2.11. The molecular weight excluding hydrogens is 258 g/mol. The SMILES string of the molecule is CSCC(C)c1cnn(-c2cc(C)c(C#N)cn2)n1. The van der Waals surface area contributed by atoms with Crippen LogP contribution >= 0.6 is 11.8 Å². The summed E-state index contributed by atoms with van der Waals surface area (Å²) in [7, 11) is 0. The van der Waals surface area contributed by atoms with Crippen molar-refractivity contribution in [1.29, 1.82) is 5.26 Å². The van der Waals surface area contributed by atoms with Gasteiger partial charge in [0.25, 0.3) is 0 Å². The van der Waals surface area contributed by atoms with Gasteiger partial charge in [0.2, 0.25) is 0 Å². The van der Waals surface area contributed by atoms with Gasteiger partial charge < -0.3 is 0 Å². The lowest BCUT2D eigenvalue weighted by molar-refractivity contribution is 0.702. The fraction of sp³-hybridized carbons (Fsp3) is 0.385. The molecule has 0 aromatic carbocycles. The van der Waals surface area contributed by atoms with Crippen molar-refractivity contribution in [2.45, 2.75) is 19.8 Å². The summed E-state index contributed by atoms with van der Waals surface area (Å²) in [6.45, 7) is 4.01. The Morgan fingerprint density at radius 3 is 2.89 bits per heavy atom. The lowest BCUT2D eigenvalue weighted by atomic mass is 10.1. The summed E-state index contributed by atoms with van der Waals surface area (Å²) in [5.41, 5.74) is 2.41. The van der Waals surface area contributed by atoms with Gasteiger partial charge in [-0.1, -0.05) is 6.92 Å². The van der Waals surface area contributed by atoms with Gasteiger partial charge in [0.15, 0.2) is 5.82 Å². The molecule has 1 unspecified atom stereocenters. The first-order valence-corrected chi connectivity index (χ1v) is 7.33. The summed E-state index contributed by atoms with van der Waals surface area (Å²) in [5, 5.41) is 17.6. The molecule has 98 valence electrons. The summed E-state index contributed by atoms with van der Waals surface area (Å²) in [6.07, 6.45) is 5.40. The van der Waals surface area contributed by atoms with Gasteiger partial charge in [0.1, 0.15) is 6.07 Å². The number of aromatic nitrogens is 4. The molecule has 0 saturated heterocycles.